The fourth-order valence-electron chi connectivity index (χ4n) is 2.26. The molecule has 0 bridgehead atoms. The molecule has 6 nitrogen and oxygen atoms in total. The molecule has 0 aromatic carbocycles. The topological polar surface area (TPSA) is 60.6 Å². The summed E-state index contributed by atoms with van der Waals surface area (Å²) in [4.78, 5) is 4.33. The van der Waals surface area contributed by atoms with Gasteiger partial charge in [0, 0.05) is 24.3 Å². The Morgan fingerprint density at radius 1 is 1.26 bits per heavy atom. The summed E-state index contributed by atoms with van der Waals surface area (Å²) in [6.45, 7) is 8.72. The van der Waals surface area contributed by atoms with E-state index >= 15 is 0 Å². The van der Waals surface area contributed by atoms with Gasteiger partial charge in [0.2, 0.25) is 0 Å². The summed E-state index contributed by atoms with van der Waals surface area (Å²) in [5.41, 5.74) is 3.54. The van der Waals surface area contributed by atoms with Crippen molar-refractivity contribution in [2.75, 3.05) is 7.05 Å². The van der Waals surface area contributed by atoms with Crippen LogP contribution in [-0.2, 0) is 19.6 Å². The summed E-state index contributed by atoms with van der Waals surface area (Å²) in [6, 6.07) is 0. The molecule has 0 aliphatic heterocycles. The van der Waals surface area contributed by atoms with Gasteiger partial charge >= 0.3 is 0 Å². The number of hydrogen-bond donors (Lipinski definition) is 1. The molecule has 0 unspecified atom stereocenters. The molecule has 2 rings (SSSR count). The Labute approximate surface area is 113 Å². The van der Waals surface area contributed by atoms with Gasteiger partial charge in [0.15, 0.2) is 0 Å². The van der Waals surface area contributed by atoms with Crippen LogP contribution in [0.15, 0.2) is 6.33 Å². The summed E-state index contributed by atoms with van der Waals surface area (Å²) in [6.07, 6.45) is 2.67. The fourth-order valence-corrected chi connectivity index (χ4v) is 2.26. The third kappa shape index (κ3) is 2.84. The monoisotopic (exact) mass is 262 g/mol. The van der Waals surface area contributed by atoms with E-state index in [4.69, 9.17) is 0 Å². The molecule has 0 atom stereocenters. The van der Waals surface area contributed by atoms with Crippen LogP contribution in [0.4, 0.5) is 0 Å². The van der Waals surface area contributed by atoms with E-state index in [0.29, 0.717) is 6.54 Å². The van der Waals surface area contributed by atoms with Crippen molar-refractivity contribution in [2.45, 2.75) is 46.8 Å². The average Bonchev–Trinajstić information content (AvgIpc) is 2.91. The third-order valence-corrected chi connectivity index (χ3v) is 3.31. The van der Waals surface area contributed by atoms with Crippen LogP contribution in [0.2, 0.25) is 0 Å². The van der Waals surface area contributed by atoms with Gasteiger partial charge < -0.3 is 5.32 Å². The standard InChI is InChI=1S/C13H22N6/c1-5-6-18-13(15-9-16-18)8-19-11(3)12(7-14-4)10(2)17-19/h9,14H,5-8H2,1-4H3. The molecule has 104 valence electrons. The molecule has 0 aliphatic rings. The first-order chi connectivity index (χ1) is 9.17. The Kier molecular flexibility index (Phi) is 4.31. The second-order valence-electron chi connectivity index (χ2n) is 4.74. The van der Waals surface area contributed by atoms with Gasteiger partial charge in [-0.2, -0.15) is 10.2 Å². The lowest BCUT2D eigenvalue weighted by atomic mass is 10.2. The second kappa shape index (κ2) is 5.97. The SMILES string of the molecule is CCCn1ncnc1Cn1nc(C)c(CNC)c1C. The zero-order valence-corrected chi connectivity index (χ0v) is 12.1. The maximum Gasteiger partial charge on any atom is 0.148 e. The molecule has 2 heterocycles. The summed E-state index contributed by atoms with van der Waals surface area (Å²) >= 11 is 0. The normalized spacial score (nSPS) is 11.2. The average molecular weight is 262 g/mol. The van der Waals surface area contributed by atoms with Crippen molar-refractivity contribution in [2.24, 2.45) is 0 Å². The molecule has 0 saturated carbocycles. The number of aromatic nitrogens is 5. The van der Waals surface area contributed by atoms with Crippen LogP contribution in [0.5, 0.6) is 0 Å². The summed E-state index contributed by atoms with van der Waals surface area (Å²) in [5, 5.41) is 12.0. The highest BCUT2D eigenvalue weighted by molar-refractivity contribution is 5.24. The van der Waals surface area contributed by atoms with E-state index in [2.05, 4.69) is 34.3 Å². The van der Waals surface area contributed by atoms with Crippen molar-refractivity contribution in [3.63, 3.8) is 0 Å². The number of nitrogens with zero attached hydrogens (tertiary/aromatic N) is 5. The molecule has 0 spiro atoms. The minimum Gasteiger partial charge on any atom is -0.316 e. The number of hydrogen-bond acceptors (Lipinski definition) is 4. The zero-order chi connectivity index (χ0) is 13.8. The van der Waals surface area contributed by atoms with Crippen LogP contribution in [0.1, 0.15) is 36.1 Å². The molecule has 1 N–H and O–H groups in total. The van der Waals surface area contributed by atoms with Crippen LogP contribution in [0.3, 0.4) is 0 Å². The van der Waals surface area contributed by atoms with Gasteiger partial charge in [0.05, 0.1) is 5.69 Å². The summed E-state index contributed by atoms with van der Waals surface area (Å²) in [7, 11) is 1.95. The van der Waals surface area contributed by atoms with Crippen molar-refractivity contribution in [3.8, 4) is 0 Å². The van der Waals surface area contributed by atoms with E-state index in [9.17, 15) is 0 Å². The first kappa shape index (κ1) is 13.7. The molecule has 6 heteroatoms. The van der Waals surface area contributed by atoms with E-state index in [1.54, 1.807) is 6.33 Å². The smallest absolute Gasteiger partial charge is 0.148 e. The van der Waals surface area contributed by atoms with E-state index < -0.39 is 0 Å². The number of aryl methyl sites for hydroxylation is 2. The third-order valence-electron chi connectivity index (χ3n) is 3.31. The molecule has 0 amide bonds. The summed E-state index contributed by atoms with van der Waals surface area (Å²) in [5.74, 6) is 0.962. The first-order valence-corrected chi connectivity index (χ1v) is 6.71. The predicted molar refractivity (Wildman–Crippen MR) is 73.9 cm³/mol. The lowest BCUT2D eigenvalue weighted by Crippen LogP contribution is -2.12. The molecular formula is C13H22N6. The largest absolute Gasteiger partial charge is 0.316 e. The lowest BCUT2D eigenvalue weighted by molar-refractivity contribution is 0.533. The van der Waals surface area contributed by atoms with E-state index in [1.807, 2.05) is 23.3 Å². The molecule has 0 aliphatic carbocycles. The Morgan fingerprint density at radius 3 is 2.74 bits per heavy atom. The van der Waals surface area contributed by atoms with Crippen LogP contribution in [0.25, 0.3) is 0 Å². The van der Waals surface area contributed by atoms with E-state index in [-0.39, 0.29) is 0 Å². The van der Waals surface area contributed by atoms with Gasteiger partial charge in [-0.05, 0) is 27.3 Å². The molecular weight excluding hydrogens is 240 g/mol. The number of rotatable bonds is 6. The zero-order valence-electron chi connectivity index (χ0n) is 12.1. The Bertz CT molecular complexity index is 539. The lowest BCUT2D eigenvalue weighted by Gasteiger charge is -2.07. The van der Waals surface area contributed by atoms with Crippen LogP contribution < -0.4 is 5.32 Å². The Balaban J connectivity index is 2.23. The van der Waals surface area contributed by atoms with Crippen LogP contribution in [-0.4, -0.2) is 31.6 Å². The molecule has 19 heavy (non-hydrogen) atoms. The minimum atomic E-state index is 0.677. The number of nitrogens with one attached hydrogen (secondary N) is 1. The van der Waals surface area contributed by atoms with Crippen LogP contribution >= 0.6 is 0 Å². The van der Waals surface area contributed by atoms with Gasteiger partial charge in [-0.25, -0.2) is 9.67 Å². The van der Waals surface area contributed by atoms with Gasteiger partial charge in [-0.15, -0.1) is 0 Å². The molecule has 0 radical (unpaired) electrons. The van der Waals surface area contributed by atoms with E-state index in [1.165, 1.54) is 11.3 Å². The summed E-state index contributed by atoms with van der Waals surface area (Å²) < 4.78 is 3.96. The van der Waals surface area contributed by atoms with Gasteiger partial charge in [0.1, 0.15) is 18.7 Å². The second-order valence-corrected chi connectivity index (χ2v) is 4.74. The molecule has 2 aromatic rings. The molecule has 0 saturated heterocycles. The fraction of sp³-hybridized carbons (Fsp3) is 0.615. The van der Waals surface area contributed by atoms with Crippen molar-refractivity contribution in [1.29, 1.82) is 0 Å². The maximum atomic E-state index is 4.60. The minimum absolute atomic E-state index is 0.677. The first-order valence-electron chi connectivity index (χ1n) is 6.71. The van der Waals surface area contributed by atoms with Gasteiger partial charge in [-0.3, -0.25) is 4.68 Å². The van der Waals surface area contributed by atoms with Gasteiger partial charge in [-0.1, -0.05) is 6.92 Å². The van der Waals surface area contributed by atoms with Crippen molar-refractivity contribution >= 4 is 0 Å². The highest BCUT2D eigenvalue weighted by atomic mass is 15.4. The van der Waals surface area contributed by atoms with Crippen LogP contribution in [0, 0.1) is 13.8 Å². The van der Waals surface area contributed by atoms with Crippen molar-refractivity contribution < 1.29 is 0 Å². The van der Waals surface area contributed by atoms with Crippen molar-refractivity contribution in [1.82, 2.24) is 29.9 Å². The predicted octanol–water partition coefficient (Wildman–Crippen LogP) is 1.27. The van der Waals surface area contributed by atoms with Crippen molar-refractivity contribution in [3.05, 3.63) is 29.1 Å². The molecule has 0 fully saturated rings. The maximum absolute atomic E-state index is 4.60. The quantitative estimate of drug-likeness (QED) is 0.851. The Hall–Kier alpha value is -1.69. The highest BCUT2D eigenvalue weighted by Gasteiger charge is 2.13. The van der Waals surface area contributed by atoms with Gasteiger partial charge in [0.25, 0.3) is 0 Å². The molecule has 2 aromatic heterocycles. The van der Waals surface area contributed by atoms with E-state index in [0.717, 1.165) is 31.0 Å². The Morgan fingerprint density at radius 2 is 2.05 bits per heavy atom. The highest BCUT2D eigenvalue weighted by Crippen LogP contribution is 2.13.